The van der Waals surface area contributed by atoms with E-state index in [2.05, 4.69) is 187 Å². The largest absolute Gasteiger partial charge is 0.458 e. The highest BCUT2D eigenvalue weighted by molar-refractivity contribution is 6.98. The van der Waals surface area contributed by atoms with Crippen molar-refractivity contribution in [1.29, 1.82) is 0 Å². The Labute approximate surface area is 342 Å². The molecule has 0 spiro atoms. The van der Waals surface area contributed by atoms with Crippen molar-refractivity contribution in [3.8, 4) is 73.2 Å². The van der Waals surface area contributed by atoms with Crippen molar-refractivity contribution >= 4 is 44.9 Å². The van der Waals surface area contributed by atoms with Crippen molar-refractivity contribution in [3.63, 3.8) is 0 Å². The number of fused-ring (bicyclic) bond motifs is 10. The van der Waals surface area contributed by atoms with E-state index in [4.69, 9.17) is 9.47 Å². The summed E-state index contributed by atoms with van der Waals surface area (Å²) in [6, 6.07) is 70.2. The zero-order valence-corrected chi connectivity index (χ0v) is 32.0. The lowest BCUT2D eigenvalue weighted by atomic mass is 9.35. The van der Waals surface area contributed by atoms with E-state index in [0.717, 1.165) is 46.0 Å². The van der Waals surface area contributed by atoms with E-state index >= 15 is 0 Å². The van der Waals surface area contributed by atoms with Crippen molar-refractivity contribution in [2.45, 2.75) is 6.42 Å². The number of aromatic nitrogens is 1. The fourth-order valence-corrected chi connectivity index (χ4v) is 10.2. The second-order valence-electron chi connectivity index (χ2n) is 15.9. The summed E-state index contributed by atoms with van der Waals surface area (Å²) in [6.07, 6.45) is 0.884. The van der Waals surface area contributed by atoms with E-state index in [-0.39, 0.29) is 6.71 Å². The van der Waals surface area contributed by atoms with Crippen LogP contribution in [0.25, 0.3) is 72.0 Å². The van der Waals surface area contributed by atoms with Gasteiger partial charge in [-0.2, -0.15) is 0 Å². The second kappa shape index (κ2) is 12.5. The lowest BCUT2D eigenvalue weighted by Gasteiger charge is -2.33. The molecule has 13 rings (SSSR count). The predicted octanol–water partition coefficient (Wildman–Crippen LogP) is 12.1. The molecular formula is C55H34BNO2. The molecule has 0 bridgehead atoms. The van der Waals surface area contributed by atoms with Gasteiger partial charge < -0.3 is 14.0 Å². The monoisotopic (exact) mass is 751 g/mol. The SMILES string of the molecule is c1ccc(-n2c3ccccc3c3cc(-c4cccc5c4Cc4c(-c6ccc(-c7cc8c9c(c7)Oc7ccccc7B9c7ccccc7O8)cc6)cccc4-5)ccc32)cc1. The summed E-state index contributed by atoms with van der Waals surface area (Å²) in [5.74, 6) is 3.52. The molecule has 3 heterocycles. The van der Waals surface area contributed by atoms with Crippen LogP contribution in [0.2, 0.25) is 0 Å². The van der Waals surface area contributed by atoms with E-state index < -0.39 is 0 Å². The van der Waals surface area contributed by atoms with Crippen LogP contribution in [-0.4, -0.2) is 11.3 Å². The van der Waals surface area contributed by atoms with Crippen molar-refractivity contribution in [1.82, 2.24) is 4.57 Å². The first-order valence-electron chi connectivity index (χ1n) is 20.4. The van der Waals surface area contributed by atoms with Gasteiger partial charge in [0.25, 0.3) is 6.71 Å². The Morgan fingerprint density at radius 3 is 1.61 bits per heavy atom. The third-order valence-electron chi connectivity index (χ3n) is 12.8. The van der Waals surface area contributed by atoms with Crippen LogP contribution in [0.5, 0.6) is 23.0 Å². The summed E-state index contributed by atoms with van der Waals surface area (Å²) >= 11 is 0. The van der Waals surface area contributed by atoms with Gasteiger partial charge in [0.2, 0.25) is 0 Å². The Kier molecular flexibility index (Phi) is 6.87. The molecular weight excluding hydrogens is 717 g/mol. The number of rotatable bonds is 4. The molecule has 0 atom stereocenters. The Hall–Kier alpha value is -7.56. The summed E-state index contributed by atoms with van der Waals surface area (Å²) in [6.45, 7) is 0.0700. The Bertz CT molecular complexity index is 3290. The van der Waals surface area contributed by atoms with Gasteiger partial charge in [0, 0.05) is 21.9 Å². The molecule has 3 aliphatic rings. The molecule has 3 nitrogen and oxygen atoms in total. The molecule has 1 aliphatic carbocycles. The van der Waals surface area contributed by atoms with Crippen LogP contribution >= 0.6 is 0 Å². The average molecular weight is 752 g/mol. The molecule has 0 N–H and O–H groups in total. The first-order valence-corrected chi connectivity index (χ1v) is 20.4. The lowest BCUT2D eigenvalue weighted by molar-refractivity contribution is 0.465. The molecule has 10 aromatic rings. The first kappa shape index (κ1) is 32.5. The Morgan fingerprint density at radius 2 is 0.915 bits per heavy atom. The van der Waals surface area contributed by atoms with Crippen molar-refractivity contribution < 1.29 is 9.47 Å². The summed E-state index contributed by atoms with van der Waals surface area (Å²) in [7, 11) is 0. The molecule has 0 amide bonds. The van der Waals surface area contributed by atoms with E-state index in [9.17, 15) is 0 Å². The fraction of sp³-hybridized carbons (Fsp3) is 0.0182. The number of nitrogens with zero attached hydrogens (tertiary/aromatic N) is 1. The summed E-state index contributed by atoms with van der Waals surface area (Å²) < 4.78 is 15.6. The number of hydrogen-bond acceptors (Lipinski definition) is 2. The smallest absolute Gasteiger partial charge is 0.260 e. The van der Waals surface area contributed by atoms with Gasteiger partial charge in [0.15, 0.2) is 0 Å². The molecule has 0 unspecified atom stereocenters. The maximum atomic E-state index is 6.60. The van der Waals surface area contributed by atoms with E-state index in [1.807, 2.05) is 12.1 Å². The third kappa shape index (κ3) is 4.84. The fourth-order valence-electron chi connectivity index (χ4n) is 10.2. The minimum Gasteiger partial charge on any atom is -0.458 e. The van der Waals surface area contributed by atoms with E-state index in [1.165, 1.54) is 82.9 Å². The second-order valence-corrected chi connectivity index (χ2v) is 15.9. The minimum atomic E-state index is 0.0700. The van der Waals surface area contributed by atoms with Crippen LogP contribution in [0, 0.1) is 0 Å². The Morgan fingerprint density at radius 1 is 0.373 bits per heavy atom. The highest BCUT2D eigenvalue weighted by Gasteiger charge is 2.40. The Balaban J connectivity index is 0.858. The molecule has 59 heavy (non-hydrogen) atoms. The molecule has 0 saturated carbocycles. The molecule has 1 aromatic heterocycles. The standard InChI is InChI=1S/C55H34BNO2/c1-2-12-38(13-3-1)57-49-21-7-4-14-43(49)46-30-36(28-29-50(46)57)40-16-11-18-42-41-17-10-15-39(44(41)33-45(40)42)35-26-24-34(25-27-35)37-31-53-55-54(32-37)59-52-23-9-6-20-48(52)56(55)47-19-5-8-22-51(47)58-53/h1-32H,33H2. The molecule has 4 heteroatoms. The van der Waals surface area contributed by atoms with Crippen LogP contribution in [0.4, 0.5) is 0 Å². The van der Waals surface area contributed by atoms with Crippen LogP contribution < -0.4 is 25.9 Å². The van der Waals surface area contributed by atoms with Crippen molar-refractivity contribution in [2.24, 2.45) is 0 Å². The molecule has 274 valence electrons. The van der Waals surface area contributed by atoms with Gasteiger partial charge in [-0.3, -0.25) is 0 Å². The maximum absolute atomic E-state index is 6.60. The van der Waals surface area contributed by atoms with Gasteiger partial charge in [0.1, 0.15) is 23.0 Å². The third-order valence-corrected chi connectivity index (χ3v) is 12.8. The van der Waals surface area contributed by atoms with E-state index in [0.29, 0.717) is 0 Å². The predicted molar refractivity (Wildman–Crippen MR) is 243 cm³/mol. The van der Waals surface area contributed by atoms with Gasteiger partial charge >= 0.3 is 0 Å². The molecule has 9 aromatic carbocycles. The van der Waals surface area contributed by atoms with Crippen LogP contribution in [0.3, 0.4) is 0 Å². The van der Waals surface area contributed by atoms with Gasteiger partial charge in [-0.05, 0) is 128 Å². The number of para-hydroxylation sites is 4. The summed E-state index contributed by atoms with van der Waals surface area (Å²) in [5.41, 5.74) is 19.7. The van der Waals surface area contributed by atoms with E-state index in [1.54, 1.807) is 0 Å². The highest BCUT2D eigenvalue weighted by Crippen LogP contribution is 2.47. The number of benzene rings is 9. The minimum absolute atomic E-state index is 0.0700. The van der Waals surface area contributed by atoms with Crippen LogP contribution in [0.15, 0.2) is 194 Å². The number of ether oxygens (including phenoxy) is 2. The van der Waals surface area contributed by atoms with Gasteiger partial charge in [-0.25, -0.2) is 0 Å². The first-order chi connectivity index (χ1) is 29.2. The topological polar surface area (TPSA) is 23.4 Å². The zero-order valence-electron chi connectivity index (χ0n) is 32.0. The zero-order chi connectivity index (χ0) is 38.6. The van der Waals surface area contributed by atoms with Crippen molar-refractivity contribution in [2.75, 3.05) is 0 Å². The molecule has 0 fully saturated rings. The summed E-state index contributed by atoms with van der Waals surface area (Å²) in [4.78, 5) is 0. The van der Waals surface area contributed by atoms with Crippen LogP contribution in [0.1, 0.15) is 11.1 Å². The van der Waals surface area contributed by atoms with Gasteiger partial charge in [0.05, 0.1) is 11.0 Å². The molecule has 0 radical (unpaired) electrons. The van der Waals surface area contributed by atoms with Gasteiger partial charge in [-0.15, -0.1) is 0 Å². The number of hydrogen-bond donors (Lipinski definition) is 0. The molecule has 0 saturated heterocycles. The maximum Gasteiger partial charge on any atom is 0.260 e. The lowest BCUT2D eigenvalue weighted by Crippen LogP contribution is -2.57. The van der Waals surface area contributed by atoms with Crippen molar-refractivity contribution in [3.05, 3.63) is 205 Å². The van der Waals surface area contributed by atoms with Crippen LogP contribution in [-0.2, 0) is 6.42 Å². The highest BCUT2D eigenvalue weighted by atomic mass is 16.5. The quantitative estimate of drug-likeness (QED) is 0.167. The normalized spacial score (nSPS) is 12.9. The summed E-state index contributed by atoms with van der Waals surface area (Å²) in [5, 5.41) is 2.54. The molecule has 2 aliphatic heterocycles. The average Bonchev–Trinajstić information content (AvgIpc) is 3.85. The van der Waals surface area contributed by atoms with Gasteiger partial charge in [-0.1, -0.05) is 140 Å².